The smallest absolute Gasteiger partial charge is 0.405 e. The zero-order chi connectivity index (χ0) is 22.7. The molecule has 10 nitrogen and oxygen atoms in total. The second kappa shape index (κ2) is 12.7. The van der Waals surface area contributed by atoms with Crippen molar-refractivity contribution in [1.82, 2.24) is 21.1 Å². The summed E-state index contributed by atoms with van der Waals surface area (Å²) in [5.74, 6) is -2.11. The molecule has 0 aliphatic carbocycles. The van der Waals surface area contributed by atoms with Crippen molar-refractivity contribution in [2.45, 2.75) is 66.5 Å². The Kier molecular flexibility index (Phi) is 11.6. The van der Waals surface area contributed by atoms with Crippen LogP contribution < -0.4 is 16.1 Å². The van der Waals surface area contributed by atoms with Gasteiger partial charge in [0.15, 0.2) is 0 Å². The molecular formula is C19H34N4O6. The minimum Gasteiger partial charge on any atom is -0.465 e. The van der Waals surface area contributed by atoms with Crippen LogP contribution in [0.25, 0.3) is 0 Å². The molecule has 166 valence electrons. The Morgan fingerprint density at radius 1 is 0.828 bits per heavy atom. The Morgan fingerprint density at radius 2 is 1.31 bits per heavy atom. The lowest BCUT2D eigenvalue weighted by Crippen LogP contribution is -2.58. The Labute approximate surface area is 171 Å². The molecule has 0 aromatic rings. The number of hydrogen-bond acceptors (Lipinski definition) is 5. The standard InChI is InChI=1S/C19H34N4O6/c1-11(2)7-14(21-19(28)29)17(26)20-15(8-12(3)4)18(27)22-23(9-13(5)6)16(25)10-24/h10-15,21H,7-9H2,1-6H3,(H,20,26)(H,22,27)(H,28,29). The number of rotatable bonds is 11. The molecule has 0 aliphatic rings. The normalized spacial score (nSPS) is 13.0. The summed E-state index contributed by atoms with van der Waals surface area (Å²) in [4.78, 5) is 59.0. The molecule has 0 saturated carbocycles. The molecule has 0 aromatic carbocycles. The first-order valence-electron chi connectivity index (χ1n) is 9.74. The van der Waals surface area contributed by atoms with E-state index in [-0.39, 0.29) is 43.4 Å². The highest BCUT2D eigenvalue weighted by molar-refractivity contribution is 6.23. The third kappa shape index (κ3) is 11.1. The lowest BCUT2D eigenvalue weighted by atomic mass is 10.0. The molecular weight excluding hydrogens is 380 g/mol. The summed E-state index contributed by atoms with van der Waals surface area (Å²) < 4.78 is 0. The molecule has 2 atom stereocenters. The Hall–Kier alpha value is -2.65. The van der Waals surface area contributed by atoms with Gasteiger partial charge < -0.3 is 15.7 Å². The fourth-order valence-electron chi connectivity index (χ4n) is 2.66. The van der Waals surface area contributed by atoms with Crippen LogP contribution in [0.5, 0.6) is 0 Å². The number of carboxylic acid groups (broad SMARTS) is 1. The lowest BCUT2D eigenvalue weighted by molar-refractivity contribution is -0.146. The fourth-order valence-corrected chi connectivity index (χ4v) is 2.66. The van der Waals surface area contributed by atoms with Crippen molar-refractivity contribution in [3.8, 4) is 0 Å². The molecule has 0 spiro atoms. The van der Waals surface area contributed by atoms with Crippen LogP contribution >= 0.6 is 0 Å². The lowest BCUT2D eigenvalue weighted by Gasteiger charge is -2.28. The van der Waals surface area contributed by atoms with E-state index in [9.17, 15) is 24.0 Å². The summed E-state index contributed by atoms with van der Waals surface area (Å²) in [5.41, 5.74) is 2.39. The van der Waals surface area contributed by atoms with Gasteiger partial charge in [-0.1, -0.05) is 41.5 Å². The van der Waals surface area contributed by atoms with Gasteiger partial charge >= 0.3 is 12.0 Å². The van der Waals surface area contributed by atoms with Crippen molar-refractivity contribution in [1.29, 1.82) is 0 Å². The molecule has 0 aromatic heterocycles. The largest absolute Gasteiger partial charge is 0.465 e. The third-order valence-electron chi connectivity index (χ3n) is 3.82. The van der Waals surface area contributed by atoms with Gasteiger partial charge in [0.2, 0.25) is 12.2 Å². The molecule has 0 heterocycles. The van der Waals surface area contributed by atoms with E-state index in [0.29, 0.717) is 0 Å². The highest BCUT2D eigenvalue weighted by atomic mass is 16.4. The van der Waals surface area contributed by atoms with E-state index in [4.69, 9.17) is 5.11 Å². The van der Waals surface area contributed by atoms with Gasteiger partial charge in [-0.2, -0.15) is 0 Å². The monoisotopic (exact) mass is 414 g/mol. The van der Waals surface area contributed by atoms with Crippen molar-refractivity contribution in [2.75, 3.05) is 6.54 Å². The maximum Gasteiger partial charge on any atom is 0.405 e. The van der Waals surface area contributed by atoms with Crippen molar-refractivity contribution in [3.05, 3.63) is 0 Å². The quantitative estimate of drug-likeness (QED) is 0.225. The highest BCUT2D eigenvalue weighted by Crippen LogP contribution is 2.09. The highest BCUT2D eigenvalue weighted by Gasteiger charge is 2.29. The third-order valence-corrected chi connectivity index (χ3v) is 3.82. The van der Waals surface area contributed by atoms with Crippen molar-refractivity contribution < 1.29 is 29.1 Å². The van der Waals surface area contributed by atoms with Crippen molar-refractivity contribution >= 4 is 30.1 Å². The number of carbonyl (C=O) groups is 5. The van der Waals surface area contributed by atoms with Crippen molar-refractivity contribution in [3.63, 3.8) is 0 Å². The molecule has 4 amide bonds. The molecule has 29 heavy (non-hydrogen) atoms. The Bertz CT molecular complexity index is 591. The SMILES string of the molecule is CC(C)CC(NC(=O)O)C(=O)NC(CC(C)C)C(=O)NN(CC(C)C)C(=O)C=O. The van der Waals surface area contributed by atoms with E-state index in [1.54, 1.807) is 0 Å². The summed E-state index contributed by atoms with van der Waals surface area (Å²) in [6.45, 7) is 11.2. The number of nitrogens with zero attached hydrogens (tertiary/aromatic N) is 1. The summed E-state index contributed by atoms with van der Waals surface area (Å²) in [6.07, 6.45) is -0.703. The zero-order valence-electron chi connectivity index (χ0n) is 18.0. The van der Waals surface area contributed by atoms with E-state index in [1.807, 2.05) is 41.5 Å². The first kappa shape index (κ1) is 26.4. The molecule has 4 N–H and O–H groups in total. The maximum absolute atomic E-state index is 12.7. The molecule has 0 aliphatic heterocycles. The first-order chi connectivity index (χ1) is 13.4. The predicted octanol–water partition coefficient (Wildman–Crippen LogP) is 0.914. The molecule has 0 bridgehead atoms. The van der Waals surface area contributed by atoms with E-state index in [2.05, 4.69) is 16.1 Å². The summed E-state index contributed by atoms with van der Waals surface area (Å²) in [6, 6.07) is -2.01. The molecule has 0 radical (unpaired) electrons. The number of hydrazine groups is 1. The summed E-state index contributed by atoms with van der Waals surface area (Å²) >= 11 is 0. The molecule has 0 fully saturated rings. The number of amides is 4. The molecule has 0 rings (SSSR count). The predicted molar refractivity (Wildman–Crippen MR) is 107 cm³/mol. The topological polar surface area (TPSA) is 145 Å². The van der Waals surface area contributed by atoms with Gasteiger partial charge in [0.1, 0.15) is 12.1 Å². The molecule has 2 unspecified atom stereocenters. The zero-order valence-corrected chi connectivity index (χ0v) is 18.0. The van der Waals surface area contributed by atoms with Crippen molar-refractivity contribution in [2.24, 2.45) is 17.8 Å². The Balaban J connectivity index is 5.41. The minimum atomic E-state index is -1.34. The van der Waals surface area contributed by atoms with E-state index in [0.717, 1.165) is 5.01 Å². The van der Waals surface area contributed by atoms with Crippen LogP contribution in [0.2, 0.25) is 0 Å². The van der Waals surface area contributed by atoms with Crippen LogP contribution in [0.4, 0.5) is 4.79 Å². The van der Waals surface area contributed by atoms with E-state index >= 15 is 0 Å². The van der Waals surface area contributed by atoms with Crippen LogP contribution in [0.1, 0.15) is 54.4 Å². The van der Waals surface area contributed by atoms with Crippen LogP contribution in [0.3, 0.4) is 0 Å². The second-order valence-corrected chi connectivity index (χ2v) is 8.26. The van der Waals surface area contributed by atoms with Gasteiger partial charge in [0.25, 0.3) is 5.91 Å². The van der Waals surface area contributed by atoms with Gasteiger partial charge in [0, 0.05) is 6.54 Å². The maximum atomic E-state index is 12.7. The number of aldehydes is 1. The molecule has 10 heteroatoms. The number of carbonyl (C=O) groups excluding carboxylic acids is 4. The number of hydrogen-bond donors (Lipinski definition) is 4. The minimum absolute atomic E-state index is 0.00692. The number of nitrogens with one attached hydrogen (secondary N) is 3. The van der Waals surface area contributed by atoms with Gasteiger partial charge in [0.05, 0.1) is 0 Å². The Morgan fingerprint density at radius 3 is 1.69 bits per heavy atom. The fraction of sp³-hybridized carbons (Fsp3) is 0.737. The summed E-state index contributed by atoms with van der Waals surface area (Å²) in [7, 11) is 0. The van der Waals surface area contributed by atoms with Crippen LogP contribution in [-0.4, -0.2) is 58.8 Å². The van der Waals surface area contributed by atoms with Crippen LogP contribution in [-0.2, 0) is 19.2 Å². The molecule has 0 saturated heterocycles. The average molecular weight is 415 g/mol. The van der Waals surface area contributed by atoms with Crippen LogP contribution in [0, 0.1) is 17.8 Å². The first-order valence-corrected chi connectivity index (χ1v) is 9.74. The van der Waals surface area contributed by atoms with Crippen LogP contribution in [0.15, 0.2) is 0 Å². The second-order valence-electron chi connectivity index (χ2n) is 8.26. The summed E-state index contributed by atoms with van der Waals surface area (Å²) in [5, 5.41) is 14.6. The van der Waals surface area contributed by atoms with Gasteiger partial charge in [-0.15, -0.1) is 0 Å². The van der Waals surface area contributed by atoms with Gasteiger partial charge in [-0.05, 0) is 30.6 Å². The average Bonchev–Trinajstić information content (AvgIpc) is 2.57. The van der Waals surface area contributed by atoms with Gasteiger partial charge in [-0.3, -0.25) is 24.6 Å². The van der Waals surface area contributed by atoms with Gasteiger partial charge in [-0.25, -0.2) is 9.80 Å². The van der Waals surface area contributed by atoms with E-state index < -0.39 is 35.9 Å². The van der Waals surface area contributed by atoms with E-state index in [1.165, 1.54) is 0 Å².